The van der Waals surface area contributed by atoms with Gasteiger partial charge < -0.3 is 19.7 Å². The average Bonchev–Trinajstić information content (AvgIpc) is 2.92. The maximum Gasteiger partial charge on any atom is 0.328 e. The molecule has 0 atom stereocenters. The summed E-state index contributed by atoms with van der Waals surface area (Å²) in [7, 11) is 1.52. The average molecular weight is 625 g/mol. The third-order valence-electron chi connectivity index (χ3n) is 5.84. The number of nitrogens with zero attached hydrogens (tertiary/aromatic N) is 2. The molecule has 6 nitrogen and oxygen atoms in total. The van der Waals surface area contributed by atoms with E-state index in [4.69, 9.17) is 77.7 Å². The molecule has 0 saturated carbocycles. The molecule has 38 heavy (non-hydrogen) atoms. The van der Waals surface area contributed by atoms with Crippen molar-refractivity contribution in [2.24, 2.45) is 0 Å². The zero-order valence-electron chi connectivity index (χ0n) is 21.2. The zero-order valence-corrected chi connectivity index (χ0v) is 25.0. The van der Waals surface area contributed by atoms with Gasteiger partial charge in [-0.3, -0.25) is 4.79 Å². The van der Waals surface area contributed by atoms with Crippen molar-refractivity contribution >= 4 is 70.0 Å². The Labute approximate surface area is 249 Å². The first-order chi connectivity index (χ1) is 18.3. The van der Waals surface area contributed by atoms with Crippen molar-refractivity contribution in [2.75, 3.05) is 20.3 Å². The van der Waals surface area contributed by atoms with Gasteiger partial charge >= 0.3 is 6.21 Å². The van der Waals surface area contributed by atoms with Crippen LogP contribution in [0.1, 0.15) is 74.6 Å². The lowest BCUT2D eigenvalue weighted by Gasteiger charge is -2.13. The molecule has 0 N–H and O–H groups in total. The number of hydrogen-bond acceptors (Lipinski definition) is 4. The Morgan fingerprint density at radius 1 is 0.737 bits per heavy atom. The predicted octanol–water partition coefficient (Wildman–Crippen LogP) is 9.80. The number of hydrogen-bond donors (Lipinski definition) is 0. The Morgan fingerprint density at radius 2 is 1.21 bits per heavy atom. The summed E-state index contributed by atoms with van der Waals surface area (Å²) in [5.41, 5.74) is 8.87. The summed E-state index contributed by atoms with van der Waals surface area (Å²) < 4.78 is 16.8. The van der Waals surface area contributed by atoms with Gasteiger partial charge in [0.05, 0.1) is 35.4 Å². The lowest BCUT2D eigenvalue weighted by atomic mass is 10.1. The second-order valence-corrected chi connectivity index (χ2v) is 10.5. The highest BCUT2D eigenvalue weighted by atomic mass is 35.5. The molecular weight excluding hydrogens is 594 g/mol. The van der Waals surface area contributed by atoms with Crippen LogP contribution < -0.4 is 14.2 Å². The Balaban J connectivity index is 1.50. The Bertz CT molecular complexity index is 1090. The summed E-state index contributed by atoms with van der Waals surface area (Å²) in [4.78, 5) is 14.5. The largest absolute Gasteiger partial charge is 0.493 e. The van der Waals surface area contributed by atoms with E-state index < -0.39 is 5.78 Å². The number of benzene rings is 2. The highest BCUT2D eigenvalue weighted by molar-refractivity contribution is 6.55. The number of halogens is 5. The first-order valence-electron chi connectivity index (χ1n) is 12.5. The molecule has 0 aliphatic carbocycles. The number of carbonyl (C=O) groups excluding carboxylic acids is 1. The quantitative estimate of drug-likeness (QED) is 0.0314. The molecule has 0 aliphatic rings. The van der Waals surface area contributed by atoms with E-state index in [2.05, 4.69) is 4.79 Å². The molecule has 208 valence electrons. The molecular formula is C27H31Cl5N2O4. The minimum Gasteiger partial charge on any atom is -0.493 e. The maximum absolute atomic E-state index is 11.8. The van der Waals surface area contributed by atoms with Gasteiger partial charge in [-0.25, -0.2) is 0 Å². The molecule has 0 aliphatic heterocycles. The van der Waals surface area contributed by atoms with Crippen molar-refractivity contribution < 1.29 is 23.8 Å². The number of unbranched alkanes of at least 4 members (excludes halogenated alkanes) is 9. The van der Waals surface area contributed by atoms with Crippen molar-refractivity contribution in [3.63, 3.8) is 0 Å². The zero-order chi connectivity index (χ0) is 27.9. The second kappa shape index (κ2) is 17.8. The van der Waals surface area contributed by atoms with Crippen LogP contribution in [0, 0.1) is 0 Å². The first-order valence-corrected chi connectivity index (χ1v) is 14.4. The van der Waals surface area contributed by atoms with Crippen molar-refractivity contribution in [3.8, 4) is 17.2 Å². The highest BCUT2D eigenvalue weighted by Gasteiger charge is 2.20. The number of ketones is 1. The standard InChI is InChI=1S/C27H31Cl5N2O4/c1-36-21-16-18(19(35)17-34-33)12-13-20(21)37-14-10-8-6-4-2-3-5-7-9-11-15-38-27-25(31)23(29)22(28)24(30)26(27)32/h12-13,16-17H,2-11,14-15H2,1H3. The molecule has 2 aromatic carbocycles. The molecule has 0 fully saturated rings. The topological polar surface area (TPSA) is 81.2 Å². The van der Waals surface area contributed by atoms with Gasteiger partial charge in [-0.05, 0) is 31.0 Å². The minimum absolute atomic E-state index is 0.123. The smallest absolute Gasteiger partial charge is 0.328 e. The number of carbonyl (C=O) groups is 1. The monoisotopic (exact) mass is 622 g/mol. The van der Waals surface area contributed by atoms with Gasteiger partial charge in [-0.15, -0.1) is 0 Å². The van der Waals surface area contributed by atoms with E-state index in [1.807, 2.05) is 0 Å². The third kappa shape index (κ3) is 10.1. The Hall–Kier alpha value is -1.66. The van der Waals surface area contributed by atoms with Crippen molar-refractivity contribution in [1.82, 2.24) is 0 Å². The normalized spacial score (nSPS) is 10.7. The number of rotatable bonds is 18. The summed E-state index contributed by atoms with van der Waals surface area (Å²) >= 11 is 30.5. The summed E-state index contributed by atoms with van der Waals surface area (Å²) in [6.07, 6.45) is 11.9. The van der Waals surface area contributed by atoms with Gasteiger partial charge in [0.15, 0.2) is 17.2 Å². The Kier molecular flexibility index (Phi) is 15.3. The maximum atomic E-state index is 11.8. The van der Waals surface area contributed by atoms with Gasteiger partial charge in [0.1, 0.15) is 10.0 Å². The molecule has 0 saturated heterocycles. The second-order valence-electron chi connectivity index (χ2n) is 8.61. The van der Waals surface area contributed by atoms with Crippen LogP contribution >= 0.6 is 58.0 Å². The predicted molar refractivity (Wildman–Crippen MR) is 156 cm³/mol. The molecule has 2 rings (SSSR count). The SMILES string of the molecule is COc1cc(C(=O)C=[N+]=[N-])ccc1OCCCCCCCCCCCCOc1c(Cl)c(Cl)c(Cl)c(Cl)c1Cl. The van der Waals surface area contributed by atoms with Gasteiger partial charge in [0.25, 0.3) is 5.78 Å². The third-order valence-corrected chi connectivity index (χ3v) is 8.08. The van der Waals surface area contributed by atoms with Crippen LogP contribution in [0.2, 0.25) is 25.1 Å². The fraction of sp³-hybridized carbons (Fsp3) is 0.481. The van der Waals surface area contributed by atoms with E-state index in [9.17, 15) is 4.79 Å². The molecule has 0 unspecified atom stereocenters. The number of ether oxygens (including phenoxy) is 3. The van der Waals surface area contributed by atoms with E-state index >= 15 is 0 Å². The van der Waals surface area contributed by atoms with Crippen LogP contribution in [-0.4, -0.2) is 37.1 Å². The lowest BCUT2D eigenvalue weighted by molar-refractivity contribution is 0.00234. The number of methoxy groups -OCH3 is 1. The van der Waals surface area contributed by atoms with Gasteiger partial charge in [0.2, 0.25) is 0 Å². The molecule has 11 heteroatoms. The summed E-state index contributed by atoms with van der Waals surface area (Å²) in [6.45, 7) is 1.05. The highest BCUT2D eigenvalue weighted by Crippen LogP contribution is 2.48. The van der Waals surface area contributed by atoms with Crippen molar-refractivity contribution in [1.29, 1.82) is 0 Å². The summed E-state index contributed by atoms with van der Waals surface area (Å²) in [6, 6.07) is 4.88. The van der Waals surface area contributed by atoms with Gasteiger partial charge in [-0.2, -0.15) is 4.79 Å². The fourth-order valence-corrected chi connectivity index (χ4v) is 4.98. The van der Waals surface area contributed by atoms with E-state index in [1.54, 1.807) is 18.2 Å². The molecule has 2 aromatic rings. The van der Waals surface area contributed by atoms with Gasteiger partial charge in [0, 0.05) is 5.56 Å². The van der Waals surface area contributed by atoms with Crippen LogP contribution in [-0.2, 0) is 0 Å². The minimum atomic E-state index is -0.409. The summed E-state index contributed by atoms with van der Waals surface area (Å²) in [5, 5.41) is 0.754. The fourth-order valence-electron chi connectivity index (χ4n) is 3.75. The van der Waals surface area contributed by atoms with E-state index in [-0.39, 0.29) is 30.9 Å². The molecule has 0 spiro atoms. The number of Topliss-reactive ketones (excluding diaryl/α,β-unsaturated/α-hetero) is 1. The lowest BCUT2D eigenvalue weighted by Crippen LogP contribution is -2.04. The van der Waals surface area contributed by atoms with Crippen LogP contribution in [0.5, 0.6) is 17.2 Å². The van der Waals surface area contributed by atoms with Crippen molar-refractivity contribution in [2.45, 2.75) is 64.2 Å². The van der Waals surface area contributed by atoms with E-state index in [0.717, 1.165) is 44.7 Å². The molecule has 0 heterocycles. The molecule has 0 aromatic heterocycles. The summed E-state index contributed by atoms with van der Waals surface area (Å²) in [5.74, 6) is 0.923. The van der Waals surface area contributed by atoms with Crippen LogP contribution in [0.15, 0.2) is 18.2 Å². The van der Waals surface area contributed by atoms with E-state index in [1.165, 1.54) is 32.8 Å². The molecule has 0 amide bonds. The van der Waals surface area contributed by atoms with Crippen LogP contribution in [0.4, 0.5) is 0 Å². The van der Waals surface area contributed by atoms with Crippen LogP contribution in [0.25, 0.3) is 5.53 Å². The Morgan fingerprint density at radius 3 is 1.71 bits per heavy atom. The first kappa shape index (κ1) is 32.6. The molecule has 0 radical (unpaired) electrons. The molecule has 0 bridgehead atoms. The van der Waals surface area contributed by atoms with Gasteiger partial charge in [-0.1, -0.05) is 109 Å². The van der Waals surface area contributed by atoms with Crippen LogP contribution in [0.3, 0.4) is 0 Å². The van der Waals surface area contributed by atoms with E-state index in [0.29, 0.717) is 30.3 Å². The van der Waals surface area contributed by atoms with Crippen molar-refractivity contribution in [3.05, 3.63) is 54.4 Å².